The summed E-state index contributed by atoms with van der Waals surface area (Å²) in [6, 6.07) is 17.2. The molecule has 0 amide bonds. The lowest BCUT2D eigenvalue weighted by atomic mass is 9.74. The van der Waals surface area contributed by atoms with Crippen LogP contribution < -0.4 is 4.74 Å². The van der Waals surface area contributed by atoms with Crippen molar-refractivity contribution in [3.8, 4) is 5.75 Å². The Kier molecular flexibility index (Phi) is 8.17. The molecule has 0 spiro atoms. The summed E-state index contributed by atoms with van der Waals surface area (Å²) in [6.07, 6.45) is -1.46. The predicted molar refractivity (Wildman–Crippen MR) is 127 cm³/mol. The summed E-state index contributed by atoms with van der Waals surface area (Å²) < 4.78 is 42.6. The van der Waals surface area contributed by atoms with E-state index in [2.05, 4.69) is 45.7 Å². The largest absolute Gasteiger partial charge is 0.573 e. The molecule has 186 valence electrons. The minimum absolute atomic E-state index is 0.0369. The van der Waals surface area contributed by atoms with E-state index >= 15 is 0 Å². The molecule has 1 saturated heterocycles. The molecule has 1 aliphatic heterocycles. The first kappa shape index (κ1) is 25.0. The first-order valence-corrected chi connectivity index (χ1v) is 12.4. The van der Waals surface area contributed by atoms with Crippen molar-refractivity contribution in [3.63, 3.8) is 0 Å². The van der Waals surface area contributed by atoms with Crippen molar-refractivity contribution in [3.05, 3.63) is 65.7 Å². The molecule has 0 radical (unpaired) electrons. The maximum Gasteiger partial charge on any atom is 0.573 e. The second-order valence-corrected chi connectivity index (χ2v) is 9.67. The minimum atomic E-state index is -4.72. The molecule has 2 unspecified atom stereocenters. The molecule has 34 heavy (non-hydrogen) atoms. The molecule has 4 rings (SSSR count). The highest BCUT2D eigenvalue weighted by molar-refractivity contribution is 5.32. The smallest absolute Gasteiger partial charge is 0.406 e. The molecule has 0 aromatic heterocycles. The van der Waals surface area contributed by atoms with Gasteiger partial charge in [-0.25, -0.2) is 0 Å². The highest BCUT2D eigenvalue weighted by Gasteiger charge is 2.35. The van der Waals surface area contributed by atoms with Crippen molar-refractivity contribution in [2.75, 3.05) is 32.7 Å². The fourth-order valence-electron chi connectivity index (χ4n) is 5.59. The Morgan fingerprint density at radius 1 is 0.941 bits per heavy atom. The molecule has 2 aliphatic rings. The second-order valence-electron chi connectivity index (χ2n) is 9.67. The molecule has 4 atom stereocenters. The van der Waals surface area contributed by atoms with Gasteiger partial charge >= 0.3 is 6.36 Å². The van der Waals surface area contributed by atoms with Crippen molar-refractivity contribution in [1.82, 2.24) is 9.80 Å². The summed E-state index contributed by atoms with van der Waals surface area (Å²) in [5.74, 6) is -0.192. The molecule has 1 saturated carbocycles. The number of benzene rings is 2. The van der Waals surface area contributed by atoms with E-state index < -0.39 is 12.5 Å². The van der Waals surface area contributed by atoms with Crippen molar-refractivity contribution < 1.29 is 23.0 Å². The van der Waals surface area contributed by atoms with Crippen LogP contribution in [0.4, 0.5) is 13.2 Å². The number of aliphatic hydroxyl groups is 1. The molecule has 1 aliphatic carbocycles. The van der Waals surface area contributed by atoms with Crippen molar-refractivity contribution in [2.24, 2.45) is 5.92 Å². The van der Waals surface area contributed by atoms with E-state index in [-0.39, 0.29) is 17.6 Å². The lowest BCUT2D eigenvalue weighted by Crippen LogP contribution is -2.49. The van der Waals surface area contributed by atoms with Crippen molar-refractivity contribution in [1.29, 1.82) is 0 Å². The van der Waals surface area contributed by atoms with Crippen molar-refractivity contribution >= 4 is 0 Å². The Balaban J connectivity index is 1.46. The average Bonchev–Trinajstić information content (AvgIpc) is 2.83. The third-order valence-electron chi connectivity index (χ3n) is 7.51. The molecular weight excluding hydrogens is 441 g/mol. The quantitative estimate of drug-likeness (QED) is 0.565. The molecule has 1 N–H and O–H groups in total. The Morgan fingerprint density at radius 3 is 2.29 bits per heavy atom. The normalized spacial score (nSPS) is 24.5. The number of hydrogen-bond acceptors (Lipinski definition) is 4. The topological polar surface area (TPSA) is 35.9 Å². The number of nitrogens with zero attached hydrogens (tertiary/aromatic N) is 2. The van der Waals surface area contributed by atoms with Gasteiger partial charge in [-0.05, 0) is 48.9 Å². The van der Waals surface area contributed by atoms with Crippen LogP contribution in [0.15, 0.2) is 54.6 Å². The molecule has 2 fully saturated rings. The van der Waals surface area contributed by atoms with Crippen molar-refractivity contribution in [2.45, 2.75) is 57.0 Å². The second kappa shape index (κ2) is 11.1. The Hall–Kier alpha value is -2.09. The van der Waals surface area contributed by atoms with E-state index in [1.165, 1.54) is 17.7 Å². The van der Waals surface area contributed by atoms with Gasteiger partial charge in [0.2, 0.25) is 0 Å². The molecule has 4 nitrogen and oxygen atoms in total. The zero-order chi connectivity index (χ0) is 24.1. The van der Waals surface area contributed by atoms with Crippen LogP contribution in [0.3, 0.4) is 0 Å². The van der Waals surface area contributed by atoms with E-state index in [0.717, 1.165) is 64.0 Å². The molecule has 2 aromatic carbocycles. The molecule has 0 bridgehead atoms. The zero-order valence-electron chi connectivity index (χ0n) is 19.8. The van der Waals surface area contributed by atoms with Gasteiger partial charge in [0.15, 0.2) is 0 Å². The SMILES string of the molecule is C[C@@H](c1ccccc1)N1CCN(CC(c2cccc(OC(F)(F)F)c2)[C@@H]2CCCCC2O)CC1. The Morgan fingerprint density at radius 2 is 1.62 bits per heavy atom. The third-order valence-corrected chi connectivity index (χ3v) is 7.51. The van der Waals surface area contributed by atoms with Crippen LogP contribution in [0.1, 0.15) is 55.7 Å². The fourth-order valence-corrected chi connectivity index (χ4v) is 5.59. The number of aliphatic hydroxyl groups excluding tert-OH is 1. The van der Waals surface area contributed by atoms with E-state index in [0.29, 0.717) is 6.04 Å². The van der Waals surface area contributed by atoms with E-state index in [4.69, 9.17) is 0 Å². The van der Waals surface area contributed by atoms with Gasteiger partial charge in [0.1, 0.15) is 5.75 Å². The Bertz CT molecular complexity index is 900. The number of ether oxygens (including phenoxy) is 1. The van der Waals surface area contributed by atoms with Gasteiger partial charge in [0.05, 0.1) is 6.10 Å². The average molecular weight is 477 g/mol. The van der Waals surface area contributed by atoms with Gasteiger partial charge in [0, 0.05) is 44.7 Å². The monoisotopic (exact) mass is 476 g/mol. The van der Waals surface area contributed by atoms with Gasteiger partial charge in [-0.3, -0.25) is 4.90 Å². The molecule has 7 heteroatoms. The maximum absolute atomic E-state index is 12.8. The summed E-state index contributed by atoms with van der Waals surface area (Å²) in [5, 5.41) is 10.8. The lowest BCUT2D eigenvalue weighted by Gasteiger charge is -2.42. The summed E-state index contributed by atoms with van der Waals surface area (Å²) in [6.45, 7) is 6.63. The van der Waals surface area contributed by atoms with Crippen LogP contribution in [0, 0.1) is 5.92 Å². The molecular formula is C27H35F3N2O2. The Labute approximate surface area is 200 Å². The van der Waals surface area contributed by atoms with E-state index in [1.54, 1.807) is 6.07 Å². The van der Waals surface area contributed by atoms with Gasteiger partial charge in [-0.1, -0.05) is 55.3 Å². The van der Waals surface area contributed by atoms with Gasteiger partial charge in [0.25, 0.3) is 0 Å². The van der Waals surface area contributed by atoms with Crippen LogP contribution in [0.25, 0.3) is 0 Å². The minimum Gasteiger partial charge on any atom is -0.406 e. The molecule has 1 heterocycles. The number of hydrogen-bond donors (Lipinski definition) is 1. The predicted octanol–water partition coefficient (Wildman–Crippen LogP) is 5.60. The standard InChI is InChI=1S/C27H35F3N2O2/c1-20(21-8-3-2-4-9-21)32-16-14-31(15-17-32)19-25(24-12-5-6-13-26(24)33)22-10-7-11-23(18-22)34-27(28,29)30/h2-4,7-11,18,20,24-26,33H,5-6,12-17,19H2,1H3/t20-,24-,25?,26?/m0/s1. The number of piperazine rings is 1. The van der Waals surface area contributed by atoms with Crippen LogP contribution >= 0.6 is 0 Å². The van der Waals surface area contributed by atoms with Gasteiger partial charge < -0.3 is 14.7 Å². The van der Waals surface area contributed by atoms with E-state index in [1.807, 2.05) is 12.1 Å². The maximum atomic E-state index is 12.8. The van der Waals surface area contributed by atoms with Gasteiger partial charge in [-0.15, -0.1) is 13.2 Å². The van der Waals surface area contributed by atoms with Crippen LogP contribution in [0.5, 0.6) is 5.75 Å². The number of rotatable bonds is 7. The highest BCUT2D eigenvalue weighted by atomic mass is 19.4. The zero-order valence-corrected chi connectivity index (χ0v) is 19.8. The summed E-state index contributed by atoms with van der Waals surface area (Å²) in [4.78, 5) is 4.88. The van der Waals surface area contributed by atoms with Crippen LogP contribution in [0.2, 0.25) is 0 Å². The van der Waals surface area contributed by atoms with Gasteiger partial charge in [-0.2, -0.15) is 0 Å². The number of alkyl halides is 3. The summed E-state index contributed by atoms with van der Waals surface area (Å²) in [5.41, 5.74) is 2.12. The summed E-state index contributed by atoms with van der Waals surface area (Å²) >= 11 is 0. The lowest BCUT2D eigenvalue weighted by molar-refractivity contribution is -0.274. The first-order valence-electron chi connectivity index (χ1n) is 12.4. The number of halogens is 3. The third kappa shape index (κ3) is 6.52. The molecule has 2 aromatic rings. The van der Waals surface area contributed by atoms with Crippen LogP contribution in [-0.4, -0.2) is 60.1 Å². The summed E-state index contributed by atoms with van der Waals surface area (Å²) in [7, 11) is 0. The van der Waals surface area contributed by atoms with Crippen LogP contribution in [-0.2, 0) is 0 Å². The first-order chi connectivity index (χ1) is 16.3. The fraction of sp³-hybridized carbons (Fsp3) is 0.556. The highest BCUT2D eigenvalue weighted by Crippen LogP contribution is 2.38. The van der Waals surface area contributed by atoms with E-state index in [9.17, 15) is 18.3 Å².